The standard InChI is InChI=1S/C16H23FN4O2/c1-13(16(22)21-9-11-23-12-10-21)19-5-7-20(8-6-19)15-14(17)3-2-4-18-15/h2-4,13H,5-12H2,1H3. The van der Waals surface area contributed by atoms with Gasteiger partial charge >= 0.3 is 0 Å². The number of carbonyl (C=O) groups excluding carboxylic acids is 1. The SMILES string of the molecule is CC(C(=O)N1CCOCC1)N1CCN(c2ncccc2F)CC1. The van der Waals surface area contributed by atoms with Crippen LogP contribution < -0.4 is 4.90 Å². The van der Waals surface area contributed by atoms with Gasteiger partial charge in [0.25, 0.3) is 0 Å². The van der Waals surface area contributed by atoms with E-state index in [9.17, 15) is 9.18 Å². The molecular formula is C16H23FN4O2. The highest BCUT2D eigenvalue weighted by Gasteiger charge is 2.30. The minimum atomic E-state index is -0.293. The minimum Gasteiger partial charge on any atom is -0.378 e. The van der Waals surface area contributed by atoms with Crippen molar-refractivity contribution in [3.8, 4) is 0 Å². The highest BCUT2D eigenvalue weighted by molar-refractivity contribution is 5.81. The Labute approximate surface area is 135 Å². The zero-order chi connectivity index (χ0) is 16.2. The molecule has 0 bridgehead atoms. The Hall–Kier alpha value is -1.73. The largest absolute Gasteiger partial charge is 0.378 e. The molecule has 0 radical (unpaired) electrons. The van der Waals surface area contributed by atoms with E-state index in [-0.39, 0.29) is 17.8 Å². The van der Waals surface area contributed by atoms with Crippen LogP contribution in [0.25, 0.3) is 0 Å². The first kappa shape index (κ1) is 16.1. The second-order valence-corrected chi connectivity index (χ2v) is 5.95. The van der Waals surface area contributed by atoms with Crippen LogP contribution in [-0.2, 0) is 9.53 Å². The van der Waals surface area contributed by atoms with E-state index >= 15 is 0 Å². The molecule has 0 aliphatic carbocycles. The fourth-order valence-electron chi connectivity index (χ4n) is 3.14. The maximum Gasteiger partial charge on any atom is 0.239 e. The topological polar surface area (TPSA) is 48.9 Å². The second-order valence-electron chi connectivity index (χ2n) is 5.95. The zero-order valence-corrected chi connectivity index (χ0v) is 13.4. The number of hydrogen-bond acceptors (Lipinski definition) is 5. The van der Waals surface area contributed by atoms with Gasteiger partial charge in [-0.1, -0.05) is 0 Å². The van der Waals surface area contributed by atoms with Crippen molar-refractivity contribution in [1.29, 1.82) is 0 Å². The molecule has 23 heavy (non-hydrogen) atoms. The lowest BCUT2D eigenvalue weighted by Gasteiger charge is -2.40. The molecule has 2 saturated heterocycles. The third kappa shape index (κ3) is 3.61. The summed E-state index contributed by atoms with van der Waals surface area (Å²) >= 11 is 0. The number of pyridine rings is 1. The first-order valence-corrected chi connectivity index (χ1v) is 8.13. The van der Waals surface area contributed by atoms with E-state index in [0.717, 1.165) is 13.1 Å². The lowest BCUT2D eigenvalue weighted by Crippen LogP contribution is -2.56. The van der Waals surface area contributed by atoms with Crippen LogP contribution in [0.4, 0.5) is 10.2 Å². The van der Waals surface area contributed by atoms with Crippen LogP contribution in [0.15, 0.2) is 18.3 Å². The van der Waals surface area contributed by atoms with Crippen LogP contribution in [-0.4, -0.2) is 79.2 Å². The summed E-state index contributed by atoms with van der Waals surface area (Å²) in [4.78, 5) is 22.6. The lowest BCUT2D eigenvalue weighted by atomic mass is 10.2. The van der Waals surface area contributed by atoms with E-state index in [1.54, 1.807) is 12.3 Å². The summed E-state index contributed by atoms with van der Waals surface area (Å²) in [6.45, 7) is 7.33. The van der Waals surface area contributed by atoms with Crippen molar-refractivity contribution >= 4 is 11.7 Å². The summed E-state index contributed by atoms with van der Waals surface area (Å²) in [5.74, 6) is 0.267. The van der Waals surface area contributed by atoms with Gasteiger partial charge in [0.2, 0.25) is 5.91 Å². The van der Waals surface area contributed by atoms with Crippen molar-refractivity contribution in [2.45, 2.75) is 13.0 Å². The van der Waals surface area contributed by atoms with Crippen molar-refractivity contribution in [2.24, 2.45) is 0 Å². The van der Waals surface area contributed by atoms with Gasteiger partial charge in [0.15, 0.2) is 11.6 Å². The number of nitrogens with zero attached hydrogens (tertiary/aromatic N) is 4. The molecule has 0 N–H and O–H groups in total. The van der Waals surface area contributed by atoms with Crippen LogP contribution in [0, 0.1) is 5.82 Å². The van der Waals surface area contributed by atoms with Crippen molar-refractivity contribution in [2.75, 3.05) is 57.4 Å². The molecule has 0 aromatic carbocycles. The summed E-state index contributed by atoms with van der Waals surface area (Å²) in [5, 5.41) is 0. The smallest absolute Gasteiger partial charge is 0.239 e. The van der Waals surface area contributed by atoms with E-state index in [0.29, 0.717) is 45.2 Å². The van der Waals surface area contributed by atoms with Gasteiger partial charge in [-0.3, -0.25) is 9.69 Å². The molecule has 1 unspecified atom stereocenters. The highest BCUT2D eigenvalue weighted by Crippen LogP contribution is 2.18. The van der Waals surface area contributed by atoms with Crippen molar-refractivity contribution < 1.29 is 13.9 Å². The summed E-state index contributed by atoms with van der Waals surface area (Å²) in [7, 11) is 0. The Morgan fingerprint density at radius 3 is 2.57 bits per heavy atom. The molecule has 0 saturated carbocycles. The molecule has 7 heteroatoms. The molecule has 2 aliphatic heterocycles. The quantitative estimate of drug-likeness (QED) is 0.815. The molecule has 3 rings (SSSR count). The number of amides is 1. The van der Waals surface area contributed by atoms with Crippen molar-refractivity contribution in [1.82, 2.24) is 14.8 Å². The van der Waals surface area contributed by atoms with Gasteiger partial charge in [-0.25, -0.2) is 9.37 Å². The Morgan fingerprint density at radius 2 is 1.91 bits per heavy atom. The first-order valence-electron chi connectivity index (χ1n) is 8.13. The molecule has 0 spiro atoms. The molecule has 126 valence electrons. The van der Waals surface area contributed by atoms with Crippen LogP contribution in [0.2, 0.25) is 0 Å². The number of hydrogen-bond donors (Lipinski definition) is 0. The Bertz CT molecular complexity index is 543. The normalized spacial score (nSPS) is 21.3. The lowest BCUT2D eigenvalue weighted by molar-refractivity contribution is -0.140. The predicted octanol–water partition coefficient (Wildman–Crippen LogP) is 0.590. The maximum atomic E-state index is 13.8. The number of anilines is 1. The van der Waals surface area contributed by atoms with E-state index in [1.165, 1.54) is 6.07 Å². The maximum absolute atomic E-state index is 13.8. The molecule has 1 aromatic rings. The van der Waals surface area contributed by atoms with Crippen molar-refractivity contribution in [3.63, 3.8) is 0 Å². The average molecular weight is 322 g/mol. The number of aromatic nitrogens is 1. The fourth-order valence-corrected chi connectivity index (χ4v) is 3.14. The predicted molar refractivity (Wildman–Crippen MR) is 84.8 cm³/mol. The Morgan fingerprint density at radius 1 is 1.22 bits per heavy atom. The van der Waals surface area contributed by atoms with Gasteiger partial charge in [-0.05, 0) is 19.1 Å². The number of ether oxygens (including phenoxy) is 1. The van der Waals surface area contributed by atoms with Gasteiger partial charge < -0.3 is 14.5 Å². The van der Waals surface area contributed by atoms with E-state index in [2.05, 4.69) is 9.88 Å². The first-order chi connectivity index (χ1) is 11.2. The fraction of sp³-hybridized carbons (Fsp3) is 0.625. The highest BCUT2D eigenvalue weighted by atomic mass is 19.1. The van der Waals surface area contributed by atoms with Gasteiger partial charge in [-0.2, -0.15) is 0 Å². The minimum absolute atomic E-state index is 0.149. The Balaban J connectivity index is 1.56. The summed E-state index contributed by atoms with van der Waals surface area (Å²) in [6, 6.07) is 2.88. The van der Waals surface area contributed by atoms with Crippen LogP contribution in [0.1, 0.15) is 6.92 Å². The van der Waals surface area contributed by atoms with Crippen LogP contribution >= 0.6 is 0 Å². The summed E-state index contributed by atoms with van der Waals surface area (Å²) in [5.41, 5.74) is 0. The number of piperazine rings is 1. The molecule has 2 fully saturated rings. The van der Waals surface area contributed by atoms with Gasteiger partial charge in [0.05, 0.1) is 19.3 Å². The summed E-state index contributed by atoms with van der Waals surface area (Å²) < 4.78 is 19.1. The number of morpholine rings is 1. The van der Waals surface area contributed by atoms with E-state index in [4.69, 9.17) is 4.74 Å². The second kappa shape index (κ2) is 7.23. The van der Waals surface area contributed by atoms with Crippen LogP contribution in [0.5, 0.6) is 0 Å². The van der Waals surface area contributed by atoms with Gasteiger partial charge in [-0.15, -0.1) is 0 Å². The third-order valence-corrected chi connectivity index (χ3v) is 4.58. The average Bonchev–Trinajstić information content (AvgIpc) is 2.62. The molecule has 1 amide bonds. The van der Waals surface area contributed by atoms with Gasteiger partial charge in [0.1, 0.15) is 0 Å². The van der Waals surface area contributed by atoms with Gasteiger partial charge in [0, 0.05) is 45.5 Å². The number of rotatable bonds is 3. The zero-order valence-electron chi connectivity index (χ0n) is 13.4. The third-order valence-electron chi connectivity index (χ3n) is 4.58. The molecule has 6 nitrogen and oxygen atoms in total. The van der Waals surface area contributed by atoms with Crippen LogP contribution in [0.3, 0.4) is 0 Å². The molecule has 1 atom stereocenters. The van der Waals surface area contributed by atoms with Crippen molar-refractivity contribution in [3.05, 3.63) is 24.1 Å². The molecule has 1 aromatic heterocycles. The number of halogens is 1. The van der Waals surface area contributed by atoms with E-state index in [1.807, 2.05) is 16.7 Å². The Kier molecular flexibility index (Phi) is 5.07. The molecular weight excluding hydrogens is 299 g/mol. The number of carbonyl (C=O) groups is 1. The monoisotopic (exact) mass is 322 g/mol. The molecule has 2 aliphatic rings. The molecule has 3 heterocycles. The summed E-state index contributed by atoms with van der Waals surface area (Å²) in [6.07, 6.45) is 1.61. The van der Waals surface area contributed by atoms with E-state index < -0.39 is 0 Å².